The van der Waals surface area contributed by atoms with Gasteiger partial charge in [0.1, 0.15) is 5.78 Å². The van der Waals surface area contributed by atoms with Gasteiger partial charge >= 0.3 is 0 Å². The number of rotatable bonds is 4. The first-order valence-corrected chi connectivity index (χ1v) is 6.61. The fourth-order valence-corrected chi connectivity index (χ4v) is 2.57. The van der Waals surface area contributed by atoms with Gasteiger partial charge in [-0.3, -0.25) is 4.79 Å². The molecule has 90 valence electrons. The van der Waals surface area contributed by atoms with Crippen molar-refractivity contribution in [3.8, 4) is 6.07 Å². The van der Waals surface area contributed by atoms with E-state index in [0.29, 0.717) is 17.0 Å². The summed E-state index contributed by atoms with van der Waals surface area (Å²) in [6.45, 7) is 3.74. The van der Waals surface area contributed by atoms with Crippen molar-refractivity contribution in [2.75, 3.05) is 0 Å². The Morgan fingerprint density at radius 1 is 1.53 bits per heavy atom. The number of nitrogens with zero attached hydrogens (tertiary/aromatic N) is 1. The number of alkyl halides is 1. The first kappa shape index (κ1) is 14.2. The first-order chi connectivity index (χ1) is 7.95. The summed E-state index contributed by atoms with van der Waals surface area (Å²) in [6.07, 6.45) is 0.543. The van der Waals surface area contributed by atoms with E-state index in [1.165, 1.54) is 0 Å². The molecule has 0 amide bonds. The minimum atomic E-state index is -0.229. The number of hydrogen-bond donors (Lipinski definition) is 0. The highest BCUT2D eigenvalue weighted by Crippen LogP contribution is 2.22. The minimum absolute atomic E-state index is 0.00321. The van der Waals surface area contributed by atoms with E-state index in [1.807, 2.05) is 19.9 Å². The van der Waals surface area contributed by atoms with Gasteiger partial charge in [-0.1, -0.05) is 47.4 Å². The molecule has 0 heterocycles. The molecule has 0 N–H and O–H groups in total. The van der Waals surface area contributed by atoms with Crippen LogP contribution in [-0.4, -0.2) is 10.6 Å². The third-order valence-electron chi connectivity index (χ3n) is 2.46. The summed E-state index contributed by atoms with van der Waals surface area (Å²) >= 11 is 9.43. The molecule has 1 atom stereocenters. The second kappa shape index (κ2) is 6.18. The molecular weight excluding hydrogens is 302 g/mol. The molecule has 0 radical (unpaired) electrons. The Kier molecular flexibility index (Phi) is 5.17. The van der Waals surface area contributed by atoms with Gasteiger partial charge in [0.25, 0.3) is 0 Å². The van der Waals surface area contributed by atoms with Crippen molar-refractivity contribution >= 4 is 33.3 Å². The van der Waals surface area contributed by atoms with Crippen molar-refractivity contribution in [3.05, 3.63) is 34.3 Å². The third-order valence-corrected chi connectivity index (χ3v) is 3.59. The zero-order valence-corrected chi connectivity index (χ0v) is 12.0. The number of benzene rings is 1. The fourth-order valence-electron chi connectivity index (χ4n) is 1.44. The summed E-state index contributed by atoms with van der Waals surface area (Å²) < 4.78 is 0. The van der Waals surface area contributed by atoms with Gasteiger partial charge in [-0.2, -0.15) is 5.26 Å². The fraction of sp³-hybridized carbons (Fsp3) is 0.385. The maximum absolute atomic E-state index is 11.7. The molecule has 1 unspecified atom stereocenters. The molecule has 1 aromatic carbocycles. The highest BCUT2D eigenvalue weighted by Gasteiger charge is 2.19. The Bertz CT molecular complexity index is 465. The summed E-state index contributed by atoms with van der Waals surface area (Å²) in [7, 11) is 0. The predicted molar refractivity (Wildman–Crippen MR) is 72.4 cm³/mol. The van der Waals surface area contributed by atoms with Crippen LogP contribution in [0.15, 0.2) is 18.2 Å². The van der Waals surface area contributed by atoms with Crippen LogP contribution in [0.3, 0.4) is 0 Å². The summed E-state index contributed by atoms with van der Waals surface area (Å²) in [4.78, 5) is 11.5. The van der Waals surface area contributed by atoms with Gasteiger partial charge in [0.2, 0.25) is 0 Å². The van der Waals surface area contributed by atoms with Crippen molar-refractivity contribution in [2.45, 2.75) is 25.1 Å². The smallest absolute Gasteiger partial charge is 0.149 e. The van der Waals surface area contributed by atoms with Crippen LogP contribution in [0.4, 0.5) is 0 Å². The van der Waals surface area contributed by atoms with Gasteiger partial charge in [0.15, 0.2) is 0 Å². The van der Waals surface area contributed by atoms with Crippen LogP contribution in [0.2, 0.25) is 5.02 Å². The molecule has 0 aliphatic rings. The lowest BCUT2D eigenvalue weighted by molar-refractivity contribution is -0.121. The topological polar surface area (TPSA) is 40.9 Å². The average molecular weight is 315 g/mol. The molecule has 4 heteroatoms. The molecular formula is C13H13BrClNO. The molecule has 0 aliphatic heterocycles. The first-order valence-electron chi connectivity index (χ1n) is 5.32. The van der Waals surface area contributed by atoms with Crippen LogP contribution in [0, 0.1) is 17.2 Å². The van der Waals surface area contributed by atoms with E-state index in [-0.39, 0.29) is 16.5 Å². The lowest BCUT2D eigenvalue weighted by atomic mass is 10.0. The lowest BCUT2D eigenvalue weighted by Gasteiger charge is -2.12. The van der Waals surface area contributed by atoms with Gasteiger partial charge in [-0.15, -0.1) is 0 Å². The van der Waals surface area contributed by atoms with E-state index in [2.05, 4.69) is 15.9 Å². The molecule has 1 rings (SSSR count). The molecule has 1 aromatic rings. The number of nitriles is 1. The molecule has 0 aliphatic carbocycles. The van der Waals surface area contributed by atoms with Crippen LogP contribution in [-0.2, 0) is 11.2 Å². The average Bonchev–Trinajstić information content (AvgIpc) is 2.30. The van der Waals surface area contributed by atoms with E-state index >= 15 is 0 Å². The maximum atomic E-state index is 11.7. The van der Waals surface area contributed by atoms with Crippen molar-refractivity contribution in [1.82, 2.24) is 0 Å². The van der Waals surface area contributed by atoms with Gasteiger partial charge < -0.3 is 0 Å². The van der Waals surface area contributed by atoms with Gasteiger partial charge in [0.05, 0.1) is 16.5 Å². The molecule has 0 bridgehead atoms. The monoisotopic (exact) mass is 313 g/mol. The quantitative estimate of drug-likeness (QED) is 0.794. The Labute approximate surface area is 115 Å². The predicted octanol–water partition coefficient (Wildman–Crippen LogP) is 3.74. The van der Waals surface area contributed by atoms with Crippen molar-refractivity contribution in [1.29, 1.82) is 5.26 Å². The van der Waals surface area contributed by atoms with E-state index in [9.17, 15) is 4.79 Å². The van der Waals surface area contributed by atoms with Crippen LogP contribution < -0.4 is 0 Å². The van der Waals surface area contributed by atoms with Crippen LogP contribution in [0.5, 0.6) is 0 Å². The number of halogens is 2. The Balaban J connectivity index is 2.83. The minimum Gasteiger partial charge on any atom is -0.298 e. The molecule has 0 aromatic heterocycles. The van der Waals surface area contributed by atoms with E-state index in [4.69, 9.17) is 16.9 Å². The SMILES string of the molecule is CC(C)C(=O)C(Br)Cc1ccc(C#N)cc1Cl. The molecule has 0 spiro atoms. The summed E-state index contributed by atoms with van der Waals surface area (Å²) in [5.74, 6) is 0.155. The molecule has 0 saturated heterocycles. The van der Waals surface area contributed by atoms with Gasteiger partial charge in [0, 0.05) is 10.9 Å². The second-order valence-electron chi connectivity index (χ2n) is 4.15. The molecule has 17 heavy (non-hydrogen) atoms. The highest BCUT2D eigenvalue weighted by atomic mass is 79.9. The van der Waals surface area contributed by atoms with Crippen molar-refractivity contribution < 1.29 is 4.79 Å². The van der Waals surface area contributed by atoms with Gasteiger partial charge in [-0.25, -0.2) is 0 Å². The summed E-state index contributed by atoms with van der Waals surface area (Å²) in [5, 5.41) is 9.26. The number of ketones is 1. The number of carbonyl (C=O) groups excluding carboxylic acids is 1. The summed E-state index contributed by atoms with van der Waals surface area (Å²) in [6, 6.07) is 7.15. The van der Waals surface area contributed by atoms with Crippen LogP contribution >= 0.6 is 27.5 Å². The highest BCUT2D eigenvalue weighted by molar-refractivity contribution is 9.10. The van der Waals surface area contributed by atoms with E-state index in [1.54, 1.807) is 18.2 Å². The molecule has 2 nitrogen and oxygen atoms in total. The van der Waals surface area contributed by atoms with Crippen LogP contribution in [0.1, 0.15) is 25.0 Å². The van der Waals surface area contributed by atoms with Crippen molar-refractivity contribution in [3.63, 3.8) is 0 Å². The molecule has 0 saturated carbocycles. The number of carbonyl (C=O) groups is 1. The maximum Gasteiger partial charge on any atom is 0.149 e. The van der Waals surface area contributed by atoms with Crippen molar-refractivity contribution in [2.24, 2.45) is 5.92 Å². The van der Waals surface area contributed by atoms with Gasteiger partial charge in [-0.05, 0) is 24.1 Å². The number of Topliss-reactive ketones (excluding diaryl/α,β-unsaturated/α-hetero) is 1. The van der Waals surface area contributed by atoms with E-state index < -0.39 is 0 Å². The third kappa shape index (κ3) is 3.83. The Hall–Kier alpha value is -0.850. The Morgan fingerprint density at radius 2 is 2.18 bits per heavy atom. The second-order valence-corrected chi connectivity index (χ2v) is 5.66. The zero-order chi connectivity index (χ0) is 13.0. The Morgan fingerprint density at radius 3 is 2.65 bits per heavy atom. The lowest BCUT2D eigenvalue weighted by Crippen LogP contribution is -2.21. The standard InChI is InChI=1S/C13H13BrClNO/c1-8(2)13(17)11(14)6-10-4-3-9(7-16)5-12(10)15/h3-5,8,11H,6H2,1-2H3. The summed E-state index contributed by atoms with van der Waals surface area (Å²) in [5.41, 5.74) is 1.40. The van der Waals surface area contributed by atoms with E-state index in [0.717, 1.165) is 5.56 Å². The molecule has 0 fully saturated rings. The zero-order valence-electron chi connectivity index (χ0n) is 9.71. The number of hydrogen-bond acceptors (Lipinski definition) is 2. The largest absolute Gasteiger partial charge is 0.298 e. The normalized spacial score (nSPS) is 12.2. The van der Waals surface area contributed by atoms with Crippen LogP contribution in [0.25, 0.3) is 0 Å².